The lowest BCUT2D eigenvalue weighted by Crippen LogP contribution is -2.17. The van der Waals surface area contributed by atoms with Crippen molar-refractivity contribution in [2.24, 2.45) is 5.73 Å². The van der Waals surface area contributed by atoms with Crippen LogP contribution in [0.3, 0.4) is 0 Å². The highest BCUT2D eigenvalue weighted by Gasteiger charge is 2.07. The van der Waals surface area contributed by atoms with Crippen LogP contribution >= 0.6 is 0 Å². The highest BCUT2D eigenvalue weighted by atomic mass is 16.5. The van der Waals surface area contributed by atoms with Crippen molar-refractivity contribution < 1.29 is 4.74 Å². The molecule has 1 aromatic heterocycles. The number of benzene rings is 1. The van der Waals surface area contributed by atoms with Crippen LogP contribution in [0.25, 0.3) is 0 Å². The van der Waals surface area contributed by atoms with Crippen molar-refractivity contribution >= 4 is 0 Å². The first-order valence-corrected chi connectivity index (χ1v) is 6.45. The van der Waals surface area contributed by atoms with Crippen LogP contribution in [-0.2, 0) is 13.0 Å². The molecule has 1 heterocycles. The van der Waals surface area contributed by atoms with E-state index >= 15 is 0 Å². The van der Waals surface area contributed by atoms with Crippen LogP contribution in [0.1, 0.15) is 23.7 Å². The zero-order valence-electron chi connectivity index (χ0n) is 11.7. The lowest BCUT2D eigenvalue weighted by Gasteiger charge is -2.09. The fraction of sp³-hybridized carbons (Fsp3) is 0.333. The summed E-state index contributed by atoms with van der Waals surface area (Å²) in [6.07, 6.45) is 4.50. The first-order valence-electron chi connectivity index (χ1n) is 6.45. The van der Waals surface area contributed by atoms with Crippen LogP contribution in [-0.4, -0.2) is 22.7 Å². The molecule has 0 aliphatic rings. The Labute approximate surface area is 118 Å². The molecule has 0 spiro atoms. The Morgan fingerprint density at radius 3 is 2.95 bits per heavy atom. The molecule has 0 bridgehead atoms. The molecule has 20 heavy (non-hydrogen) atoms. The second-order valence-electron chi connectivity index (χ2n) is 4.86. The predicted octanol–water partition coefficient (Wildman–Crippen LogP) is 1.70. The highest BCUT2D eigenvalue weighted by Crippen LogP contribution is 2.21. The summed E-state index contributed by atoms with van der Waals surface area (Å²) in [7, 11) is 1.63. The van der Waals surface area contributed by atoms with Gasteiger partial charge in [0.2, 0.25) is 0 Å². The number of hydrogen-bond acceptors (Lipinski definition) is 4. The van der Waals surface area contributed by atoms with Gasteiger partial charge in [0.05, 0.1) is 37.3 Å². The van der Waals surface area contributed by atoms with Crippen molar-refractivity contribution in [3.05, 3.63) is 47.5 Å². The van der Waals surface area contributed by atoms with Crippen LogP contribution in [0.5, 0.6) is 5.75 Å². The molecule has 0 aliphatic carbocycles. The predicted molar refractivity (Wildman–Crippen MR) is 76.4 cm³/mol. The van der Waals surface area contributed by atoms with E-state index in [4.69, 9.17) is 15.7 Å². The largest absolute Gasteiger partial charge is 0.496 e. The Bertz CT molecular complexity index is 625. The quantitative estimate of drug-likeness (QED) is 0.897. The molecule has 0 saturated heterocycles. The van der Waals surface area contributed by atoms with E-state index < -0.39 is 0 Å². The van der Waals surface area contributed by atoms with Gasteiger partial charge in [0.25, 0.3) is 0 Å². The van der Waals surface area contributed by atoms with Gasteiger partial charge in [-0.3, -0.25) is 0 Å². The van der Waals surface area contributed by atoms with E-state index in [0.29, 0.717) is 12.1 Å². The fourth-order valence-electron chi connectivity index (χ4n) is 2.10. The van der Waals surface area contributed by atoms with Gasteiger partial charge < -0.3 is 15.0 Å². The van der Waals surface area contributed by atoms with Gasteiger partial charge in [-0.15, -0.1) is 0 Å². The second kappa shape index (κ2) is 6.22. The molecule has 5 heteroatoms. The third kappa shape index (κ3) is 3.37. The summed E-state index contributed by atoms with van der Waals surface area (Å²) in [5.74, 6) is 0.770. The summed E-state index contributed by atoms with van der Waals surface area (Å²) in [6.45, 7) is 2.57. The van der Waals surface area contributed by atoms with Gasteiger partial charge in [-0.25, -0.2) is 4.98 Å². The van der Waals surface area contributed by atoms with Crippen LogP contribution < -0.4 is 10.5 Å². The molecule has 0 amide bonds. The number of methoxy groups -OCH3 is 1. The first kappa shape index (κ1) is 14.1. The Morgan fingerprint density at radius 1 is 1.50 bits per heavy atom. The number of nitrogens with two attached hydrogens (primary N) is 1. The Hall–Kier alpha value is -2.32. The molecule has 1 atom stereocenters. The molecule has 0 radical (unpaired) electrons. The summed E-state index contributed by atoms with van der Waals surface area (Å²) in [6, 6.07) is 7.63. The smallest absolute Gasteiger partial charge is 0.123 e. The van der Waals surface area contributed by atoms with Crippen LogP contribution in [0.2, 0.25) is 0 Å². The van der Waals surface area contributed by atoms with Gasteiger partial charge in [-0.05, 0) is 25.1 Å². The van der Waals surface area contributed by atoms with Gasteiger partial charge in [0.15, 0.2) is 0 Å². The second-order valence-corrected chi connectivity index (χ2v) is 4.86. The lowest BCUT2D eigenvalue weighted by molar-refractivity contribution is 0.408. The van der Waals surface area contributed by atoms with E-state index in [0.717, 1.165) is 23.4 Å². The molecule has 5 nitrogen and oxygen atoms in total. The SMILES string of the molecule is COc1ccc(C#N)cc1Cn1cnc(CC(C)N)c1. The van der Waals surface area contributed by atoms with E-state index in [9.17, 15) is 0 Å². The summed E-state index contributed by atoms with van der Waals surface area (Å²) in [4.78, 5) is 4.33. The standard InChI is InChI=1S/C15H18N4O/c1-11(17)5-14-9-19(10-18-14)8-13-6-12(7-16)3-4-15(13)20-2/h3-4,6,9-11H,5,8,17H2,1-2H3. The van der Waals surface area contributed by atoms with Crippen molar-refractivity contribution in [3.63, 3.8) is 0 Å². The zero-order chi connectivity index (χ0) is 14.5. The molecule has 104 valence electrons. The molecule has 2 N–H and O–H groups in total. The lowest BCUT2D eigenvalue weighted by atomic mass is 10.1. The number of hydrogen-bond donors (Lipinski definition) is 1. The summed E-state index contributed by atoms with van der Waals surface area (Å²) < 4.78 is 7.29. The van der Waals surface area contributed by atoms with Gasteiger partial charge in [0.1, 0.15) is 5.75 Å². The maximum atomic E-state index is 8.97. The van der Waals surface area contributed by atoms with Crippen molar-refractivity contribution in [2.75, 3.05) is 7.11 Å². The van der Waals surface area contributed by atoms with Crippen molar-refractivity contribution in [1.82, 2.24) is 9.55 Å². The molecule has 2 aromatic rings. The van der Waals surface area contributed by atoms with Crippen LogP contribution in [0.4, 0.5) is 0 Å². The Balaban J connectivity index is 2.21. The average Bonchev–Trinajstić information content (AvgIpc) is 2.85. The van der Waals surface area contributed by atoms with Crippen molar-refractivity contribution in [3.8, 4) is 11.8 Å². The van der Waals surface area contributed by atoms with Crippen molar-refractivity contribution in [1.29, 1.82) is 5.26 Å². The molecule has 0 aliphatic heterocycles. The number of ether oxygens (including phenoxy) is 1. The van der Waals surface area contributed by atoms with Crippen LogP contribution in [0, 0.1) is 11.3 Å². The van der Waals surface area contributed by atoms with Gasteiger partial charge in [-0.2, -0.15) is 5.26 Å². The fourth-order valence-corrected chi connectivity index (χ4v) is 2.10. The first-order chi connectivity index (χ1) is 9.62. The van der Waals surface area contributed by atoms with E-state index in [2.05, 4.69) is 11.1 Å². The molecule has 1 aromatic carbocycles. The van der Waals surface area contributed by atoms with E-state index in [-0.39, 0.29) is 6.04 Å². The third-order valence-corrected chi connectivity index (χ3v) is 2.98. The van der Waals surface area contributed by atoms with Crippen molar-refractivity contribution in [2.45, 2.75) is 25.9 Å². The molecule has 1 unspecified atom stereocenters. The summed E-state index contributed by atoms with van der Waals surface area (Å²) >= 11 is 0. The van der Waals surface area contributed by atoms with Crippen LogP contribution in [0.15, 0.2) is 30.7 Å². The topological polar surface area (TPSA) is 76.9 Å². The summed E-state index contributed by atoms with van der Waals surface area (Å²) in [5, 5.41) is 8.97. The molecule has 2 rings (SSSR count). The normalized spacial score (nSPS) is 11.9. The molecular weight excluding hydrogens is 252 g/mol. The van der Waals surface area contributed by atoms with E-state index in [1.807, 2.05) is 29.8 Å². The Kier molecular flexibility index (Phi) is 4.38. The van der Waals surface area contributed by atoms with E-state index in [1.165, 1.54) is 0 Å². The third-order valence-electron chi connectivity index (χ3n) is 2.98. The minimum atomic E-state index is 0.0924. The maximum absolute atomic E-state index is 8.97. The summed E-state index contributed by atoms with van der Waals surface area (Å²) in [5.41, 5.74) is 8.31. The number of nitriles is 1. The number of rotatable bonds is 5. The minimum absolute atomic E-state index is 0.0924. The zero-order valence-corrected chi connectivity index (χ0v) is 11.7. The average molecular weight is 270 g/mol. The molecule has 0 fully saturated rings. The number of aromatic nitrogens is 2. The Morgan fingerprint density at radius 2 is 2.30 bits per heavy atom. The van der Waals surface area contributed by atoms with Gasteiger partial charge in [0, 0.05) is 24.2 Å². The molecular formula is C15H18N4O. The monoisotopic (exact) mass is 270 g/mol. The van der Waals surface area contributed by atoms with E-state index in [1.54, 1.807) is 19.5 Å². The van der Waals surface area contributed by atoms with Gasteiger partial charge >= 0.3 is 0 Å². The maximum Gasteiger partial charge on any atom is 0.123 e. The number of imidazole rings is 1. The number of nitrogens with zero attached hydrogens (tertiary/aromatic N) is 3. The minimum Gasteiger partial charge on any atom is -0.496 e. The molecule has 0 saturated carbocycles. The highest BCUT2D eigenvalue weighted by molar-refractivity contribution is 5.42. The van der Waals surface area contributed by atoms with Gasteiger partial charge in [-0.1, -0.05) is 0 Å².